The Balaban J connectivity index is 1.98. The lowest BCUT2D eigenvalue weighted by molar-refractivity contribution is -0.126. The molecule has 1 heterocycles. The lowest BCUT2D eigenvalue weighted by atomic mass is 10.1. The van der Waals surface area contributed by atoms with Crippen molar-refractivity contribution in [1.82, 2.24) is 10.6 Å². The molecule has 0 aliphatic carbocycles. The Morgan fingerprint density at radius 3 is 2.72 bits per heavy atom. The van der Waals surface area contributed by atoms with Crippen molar-refractivity contribution in [1.29, 1.82) is 0 Å². The minimum Gasteiger partial charge on any atom is -0.394 e. The Hall–Kier alpha value is -1.88. The summed E-state index contributed by atoms with van der Waals surface area (Å²) in [7, 11) is 0. The molecule has 1 aromatic carbocycles. The van der Waals surface area contributed by atoms with Gasteiger partial charge in [0.15, 0.2) is 0 Å². The van der Waals surface area contributed by atoms with Gasteiger partial charge in [-0.1, -0.05) is 30.3 Å². The average Bonchev–Trinajstić information content (AvgIpc) is 2.83. The number of carbonyl (C=O) groups excluding carboxylic acids is 2. The van der Waals surface area contributed by atoms with Crippen LogP contribution in [0.25, 0.3) is 0 Å². The fourth-order valence-electron chi connectivity index (χ4n) is 2.00. The second-order valence-corrected chi connectivity index (χ2v) is 4.31. The van der Waals surface area contributed by atoms with Gasteiger partial charge in [0.2, 0.25) is 11.8 Å². The Bertz CT molecular complexity index is 433. The monoisotopic (exact) mass is 248 g/mol. The quantitative estimate of drug-likeness (QED) is 0.708. The molecule has 1 unspecified atom stereocenters. The molecule has 1 aliphatic heterocycles. The van der Waals surface area contributed by atoms with Crippen LogP contribution in [0.15, 0.2) is 30.3 Å². The van der Waals surface area contributed by atoms with Gasteiger partial charge in [-0.25, -0.2) is 0 Å². The molecule has 1 fully saturated rings. The number of aliphatic hydroxyl groups is 1. The highest BCUT2D eigenvalue weighted by Crippen LogP contribution is 2.13. The molecule has 0 aromatic heterocycles. The summed E-state index contributed by atoms with van der Waals surface area (Å²) < 4.78 is 0. The molecule has 0 bridgehead atoms. The van der Waals surface area contributed by atoms with Crippen molar-refractivity contribution in [2.45, 2.75) is 24.9 Å². The summed E-state index contributed by atoms with van der Waals surface area (Å²) in [5.74, 6) is -0.348. The van der Waals surface area contributed by atoms with E-state index in [4.69, 9.17) is 0 Å². The molecule has 0 spiro atoms. The van der Waals surface area contributed by atoms with E-state index in [9.17, 15) is 14.7 Å². The number of nitrogens with one attached hydrogen (secondary N) is 2. The summed E-state index contributed by atoms with van der Waals surface area (Å²) in [5, 5.41) is 14.7. The van der Waals surface area contributed by atoms with Crippen LogP contribution >= 0.6 is 0 Å². The number of benzene rings is 1. The van der Waals surface area contributed by atoms with Crippen molar-refractivity contribution in [2.24, 2.45) is 0 Å². The van der Waals surface area contributed by atoms with Gasteiger partial charge in [0, 0.05) is 6.42 Å². The maximum Gasteiger partial charge on any atom is 0.243 e. The predicted molar refractivity (Wildman–Crippen MR) is 65.6 cm³/mol. The summed E-state index contributed by atoms with van der Waals surface area (Å²) in [4.78, 5) is 22.9. The predicted octanol–water partition coefficient (Wildman–Crippen LogP) is 0.115. The molecular weight excluding hydrogens is 232 g/mol. The van der Waals surface area contributed by atoms with Crippen molar-refractivity contribution in [2.75, 3.05) is 6.61 Å². The second-order valence-electron chi connectivity index (χ2n) is 4.31. The highest BCUT2D eigenvalue weighted by molar-refractivity contribution is 5.90. The van der Waals surface area contributed by atoms with E-state index in [-0.39, 0.29) is 18.4 Å². The average molecular weight is 248 g/mol. The molecule has 5 heteroatoms. The zero-order chi connectivity index (χ0) is 13.0. The Morgan fingerprint density at radius 2 is 2.17 bits per heavy atom. The normalized spacial score (nSPS) is 20.3. The molecule has 0 saturated carbocycles. The van der Waals surface area contributed by atoms with Crippen LogP contribution in [-0.4, -0.2) is 29.6 Å². The molecule has 96 valence electrons. The fraction of sp³-hybridized carbons (Fsp3) is 0.385. The first-order valence-electron chi connectivity index (χ1n) is 5.96. The van der Waals surface area contributed by atoms with Crippen LogP contribution < -0.4 is 10.6 Å². The number of aliphatic hydroxyl groups excluding tert-OH is 1. The van der Waals surface area contributed by atoms with Crippen LogP contribution in [0.4, 0.5) is 0 Å². The highest BCUT2D eigenvalue weighted by Gasteiger charge is 2.28. The maximum atomic E-state index is 11.9. The Kier molecular flexibility index (Phi) is 3.94. The maximum absolute atomic E-state index is 11.9. The summed E-state index contributed by atoms with van der Waals surface area (Å²) in [6, 6.07) is 8.34. The molecule has 5 nitrogen and oxygen atoms in total. The molecule has 0 radical (unpaired) electrons. The van der Waals surface area contributed by atoms with Crippen molar-refractivity contribution in [3.05, 3.63) is 35.9 Å². The molecule has 1 saturated heterocycles. The van der Waals surface area contributed by atoms with Crippen molar-refractivity contribution >= 4 is 11.8 Å². The van der Waals surface area contributed by atoms with Gasteiger partial charge in [-0.2, -0.15) is 0 Å². The first kappa shape index (κ1) is 12.6. The summed E-state index contributed by atoms with van der Waals surface area (Å²) in [6.45, 7) is -0.170. The standard InChI is InChI=1S/C13H16N2O3/c16-8-11(9-4-2-1-3-5-9)15-13(18)10-6-7-12(17)14-10/h1-5,10-11,16H,6-8H2,(H,14,17)(H,15,18)/t10?,11-/m1/s1. The van der Waals surface area contributed by atoms with Gasteiger partial charge < -0.3 is 15.7 Å². The zero-order valence-corrected chi connectivity index (χ0v) is 9.93. The van der Waals surface area contributed by atoms with Crippen LogP contribution in [0.3, 0.4) is 0 Å². The molecule has 3 N–H and O–H groups in total. The van der Waals surface area contributed by atoms with E-state index in [0.717, 1.165) is 5.56 Å². The van der Waals surface area contributed by atoms with E-state index in [2.05, 4.69) is 10.6 Å². The van der Waals surface area contributed by atoms with Crippen LogP contribution in [0.5, 0.6) is 0 Å². The van der Waals surface area contributed by atoms with Crippen LogP contribution in [0, 0.1) is 0 Å². The number of amides is 2. The number of carbonyl (C=O) groups is 2. The number of hydrogen-bond acceptors (Lipinski definition) is 3. The van der Waals surface area contributed by atoms with Crippen molar-refractivity contribution < 1.29 is 14.7 Å². The minimum absolute atomic E-state index is 0.101. The topological polar surface area (TPSA) is 78.4 Å². The zero-order valence-electron chi connectivity index (χ0n) is 9.93. The lowest BCUT2D eigenvalue weighted by Gasteiger charge is -2.19. The van der Waals surface area contributed by atoms with Crippen LogP contribution in [-0.2, 0) is 9.59 Å². The van der Waals surface area contributed by atoms with Gasteiger partial charge in [-0.05, 0) is 12.0 Å². The number of hydrogen-bond donors (Lipinski definition) is 3. The van der Waals surface area contributed by atoms with Crippen LogP contribution in [0.1, 0.15) is 24.4 Å². The third-order valence-electron chi connectivity index (χ3n) is 3.01. The van der Waals surface area contributed by atoms with Gasteiger partial charge in [0.1, 0.15) is 6.04 Å². The molecule has 2 amide bonds. The fourth-order valence-corrected chi connectivity index (χ4v) is 2.00. The SMILES string of the molecule is O=C1CCC(C(=O)N[C@H](CO)c2ccccc2)N1. The first-order chi connectivity index (χ1) is 8.70. The van der Waals surface area contributed by atoms with Gasteiger partial charge >= 0.3 is 0 Å². The van der Waals surface area contributed by atoms with E-state index < -0.39 is 12.1 Å². The first-order valence-corrected chi connectivity index (χ1v) is 5.96. The van der Waals surface area contributed by atoms with Crippen molar-refractivity contribution in [3.63, 3.8) is 0 Å². The second kappa shape index (κ2) is 5.64. The molecule has 1 aliphatic rings. The lowest BCUT2D eigenvalue weighted by Crippen LogP contribution is -2.43. The van der Waals surface area contributed by atoms with E-state index in [1.54, 1.807) is 0 Å². The molecular formula is C13H16N2O3. The van der Waals surface area contributed by atoms with Gasteiger partial charge in [-0.3, -0.25) is 9.59 Å². The van der Waals surface area contributed by atoms with E-state index in [0.29, 0.717) is 12.8 Å². The minimum atomic E-state index is -0.477. The highest BCUT2D eigenvalue weighted by atomic mass is 16.3. The third-order valence-corrected chi connectivity index (χ3v) is 3.01. The molecule has 1 aromatic rings. The molecule has 2 atom stereocenters. The van der Waals surface area contributed by atoms with E-state index in [1.165, 1.54) is 0 Å². The molecule has 2 rings (SSSR count). The smallest absolute Gasteiger partial charge is 0.243 e. The van der Waals surface area contributed by atoms with Crippen molar-refractivity contribution in [3.8, 4) is 0 Å². The summed E-state index contributed by atoms with van der Waals surface area (Å²) in [5.41, 5.74) is 0.845. The van der Waals surface area contributed by atoms with Gasteiger partial charge in [0.05, 0.1) is 12.6 Å². The van der Waals surface area contributed by atoms with E-state index in [1.807, 2.05) is 30.3 Å². The van der Waals surface area contributed by atoms with Gasteiger partial charge in [0.25, 0.3) is 0 Å². The van der Waals surface area contributed by atoms with E-state index >= 15 is 0 Å². The Labute approximate surface area is 105 Å². The summed E-state index contributed by atoms with van der Waals surface area (Å²) in [6.07, 6.45) is 0.894. The number of rotatable bonds is 4. The van der Waals surface area contributed by atoms with Gasteiger partial charge in [-0.15, -0.1) is 0 Å². The third kappa shape index (κ3) is 2.87. The molecule has 18 heavy (non-hydrogen) atoms. The Morgan fingerprint density at radius 1 is 1.44 bits per heavy atom. The van der Waals surface area contributed by atoms with Crippen LogP contribution in [0.2, 0.25) is 0 Å². The summed E-state index contributed by atoms with van der Waals surface area (Å²) >= 11 is 0. The largest absolute Gasteiger partial charge is 0.394 e.